The highest BCUT2D eigenvalue weighted by atomic mass is 16.6. The van der Waals surface area contributed by atoms with Crippen molar-refractivity contribution >= 4 is 5.97 Å². The first kappa shape index (κ1) is 21.3. The molecule has 0 N–H and O–H groups in total. The second-order valence-corrected chi connectivity index (χ2v) is 9.29. The van der Waals surface area contributed by atoms with Gasteiger partial charge in [-0.1, -0.05) is 12.2 Å². The smallest absolute Gasteiger partial charge is 0.312 e. The van der Waals surface area contributed by atoms with Gasteiger partial charge >= 0.3 is 5.97 Å². The fraction of sp³-hybridized carbons (Fsp3) is 0.870. The van der Waals surface area contributed by atoms with Gasteiger partial charge in [-0.05, 0) is 61.7 Å². The summed E-state index contributed by atoms with van der Waals surface area (Å²) in [7, 11) is 1.65. The summed E-state index contributed by atoms with van der Waals surface area (Å²) in [6.07, 6.45) is 8.41. The van der Waals surface area contributed by atoms with Crippen LogP contribution in [0.1, 0.15) is 26.2 Å². The summed E-state index contributed by atoms with van der Waals surface area (Å²) in [6.45, 7) is 6.19. The summed E-state index contributed by atoms with van der Waals surface area (Å²) in [6, 6.07) is 0. The van der Waals surface area contributed by atoms with Crippen molar-refractivity contribution in [3.8, 4) is 0 Å². The molecule has 6 heteroatoms. The van der Waals surface area contributed by atoms with E-state index in [4.69, 9.17) is 23.7 Å². The van der Waals surface area contributed by atoms with Crippen LogP contribution in [-0.2, 0) is 28.5 Å². The monoisotopic (exact) mass is 408 g/mol. The van der Waals surface area contributed by atoms with E-state index >= 15 is 0 Å². The van der Waals surface area contributed by atoms with Crippen molar-refractivity contribution < 1.29 is 28.5 Å². The zero-order valence-corrected chi connectivity index (χ0v) is 17.8. The Morgan fingerprint density at radius 3 is 2.10 bits per heavy atom. The first-order valence-corrected chi connectivity index (χ1v) is 11.2. The van der Waals surface area contributed by atoms with Gasteiger partial charge in [-0.15, -0.1) is 0 Å². The van der Waals surface area contributed by atoms with Gasteiger partial charge in [0.2, 0.25) is 0 Å². The van der Waals surface area contributed by atoms with E-state index in [2.05, 4.69) is 19.1 Å². The normalized spacial score (nSPS) is 38.7. The summed E-state index contributed by atoms with van der Waals surface area (Å²) in [5.41, 5.74) is -0.296. The van der Waals surface area contributed by atoms with Gasteiger partial charge in [-0.3, -0.25) is 4.79 Å². The molecule has 3 saturated carbocycles. The molecular formula is C23H36O6. The molecule has 29 heavy (non-hydrogen) atoms. The van der Waals surface area contributed by atoms with Gasteiger partial charge in [0.1, 0.15) is 6.61 Å². The highest BCUT2D eigenvalue weighted by Gasteiger charge is 2.66. The number of hydrogen-bond donors (Lipinski definition) is 0. The zero-order chi connectivity index (χ0) is 20.3. The Kier molecular flexibility index (Phi) is 6.94. The number of fused-ring (bicyclic) bond motifs is 9. The third kappa shape index (κ3) is 4.27. The van der Waals surface area contributed by atoms with E-state index in [0.717, 1.165) is 24.2 Å². The first-order valence-electron chi connectivity index (χ1n) is 11.2. The maximum atomic E-state index is 12.9. The number of carbonyl (C=O) groups is 1. The fourth-order valence-electron chi connectivity index (χ4n) is 6.65. The summed E-state index contributed by atoms with van der Waals surface area (Å²) in [5.74, 6) is 4.26. The third-order valence-corrected chi connectivity index (χ3v) is 7.76. The molecule has 0 heterocycles. The predicted molar refractivity (Wildman–Crippen MR) is 107 cm³/mol. The van der Waals surface area contributed by atoms with E-state index in [1.165, 1.54) is 12.8 Å². The minimum absolute atomic E-state index is 0.0109. The molecule has 4 aliphatic rings. The van der Waals surface area contributed by atoms with Gasteiger partial charge in [0.05, 0.1) is 51.7 Å². The molecule has 4 rings (SSSR count). The van der Waals surface area contributed by atoms with Gasteiger partial charge in [0.25, 0.3) is 0 Å². The minimum atomic E-state index is -0.296. The largest absolute Gasteiger partial charge is 0.463 e. The Hall–Kier alpha value is -0.950. The predicted octanol–water partition coefficient (Wildman–Crippen LogP) is 2.71. The standard InChI is InChI=1S/C23H36O6/c1-23(15-18-14-19(23)21-17-4-3-16(13-17)20(18)21)22(24)29-12-11-28-10-9-27-8-7-26-6-5-25-2/h3-4,16-21H,5-15H2,1-2H3. The lowest BCUT2D eigenvalue weighted by atomic mass is 9.63. The lowest BCUT2D eigenvalue weighted by Crippen LogP contribution is -2.43. The van der Waals surface area contributed by atoms with Crippen molar-refractivity contribution in [2.75, 3.05) is 60.0 Å². The SMILES string of the molecule is COCCOCCOCCOCCOC(=O)C1(C)CC2CC1C1C3C=CC(C3)C21. The Morgan fingerprint density at radius 2 is 1.45 bits per heavy atom. The average molecular weight is 409 g/mol. The van der Waals surface area contributed by atoms with Crippen molar-refractivity contribution in [2.24, 2.45) is 40.9 Å². The van der Waals surface area contributed by atoms with Gasteiger partial charge < -0.3 is 23.7 Å². The van der Waals surface area contributed by atoms with Crippen molar-refractivity contribution in [1.82, 2.24) is 0 Å². The van der Waals surface area contributed by atoms with Gasteiger partial charge in [0.15, 0.2) is 0 Å². The number of esters is 1. The van der Waals surface area contributed by atoms with Crippen molar-refractivity contribution in [1.29, 1.82) is 0 Å². The van der Waals surface area contributed by atoms with E-state index < -0.39 is 0 Å². The summed E-state index contributed by atoms with van der Waals surface area (Å²) in [4.78, 5) is 12.9. The fourth-order valence-corrected chi connectivity index (χ4v) is 6.65. The third-order valence-electron chi connectivity index (χ3n) is 7.76. The number of allylic oxidation sites excluding steroid dienone is 2. The number of methoxy groups -OCH3 is 1. The van der Waals surface area contributed by atoms with Gasteiger partial charge in [-0.2, -0.15) is 0 Å². The van der Waals surface area contributed by atoms with Crippen LogP contribution in [-0.4, -0.2) is 65.9 Å². The number of carbonyl (C=O) groups excluding carboxylic acids is 1. The van der Waals surface area contributed by atoms with Crippen LogP contribution < -0.4 is 0 Å². The molecule has 0 amide bonds. The number of hydrogen-bond acceptors (Lipinski definition) is 6. The second kappa shape index (κ2) is 9.46. The number of rotatable bonds is 13. The van der Waals surface area contributed by atoms with Crippen LogP contribution >= 0.6 is 0 Å². The maximum Gasteiger partial charge on any atom is 0.312 e. The minimum Gasteiger partial charge on any atom is -0.463 e. The Balaban J connectivity index is 1.08. The van der Waals surface area contributed by atoms with Crippen LogP contribution in [0.5, 0.6) is 0 Å². The van der Waals surface area contributed by atoms with Gasteiger partial charge in [-0.25, -0.2) is 0 Å². The Labute approximate surface area is 174 Å². The molecule has 0 aromatic heterocycles. The molecule has 0 aromatic carbocycles. The van der Waals surface area contributed by atoms with Crippen LogP contribution in [0.15, 0.2) is 12.2 Å². The topological polar surface area (TPSA) is 63.2 Å². The number of ether oxygens (including phenoxy) is 5. The molecule has 0 aliphatic heterocycles. The van der Waals surface area contributed by atoms with Crippen LogP contribution in [0, 0.1) is 40.9 Å². The van der Waals surface area contributed by atoms with E-state index in [-0.39, 0.29) is 11.4 Å². The van der Waals surface area contributed by atoms with Crippen LogP contribution in [0.2, 0.25) is 0 Å². The highest BCUT2D eigenvalue weighted by Crippen LogP contribution is 2.70. The summed E-state index contributed by atoms with van der Waals surface area (Å²) in [5, 5.41) is 0. The molecule has 7 unspecified atom stereocenters. The second-order valence-electron chi connectivity index (χ2n) is 9.29. The molecule has 7 atom stereocenters. The summed E-state index contributed by atoms with van der Waals surface area (Å²) >= 11 is 0. The van der Waals surface area contributed by atoms with E-state index in [1.54, 1.807) is 7.11 Å². The molecule has 4 bridgehead atoms. The zero-order valence-electron chi connectivity index (χ0n) is 17.8. The molecule has 6 nitrogen and oxygen atoms in total. The lowest BCUT2D eigenvalue weighted by molar-refractivity contribution is -0.162. The van der Waals surface area contributed by atoms with Crippen molar-refractivity contribution in [3.63, 3.8) is 0 Å². The van der Waals surface area contributed by atoms with Crippen LogP contribution in [0.25, 0.3) is 0 Å². The first-order chi connectivity index (χ1) is 14.1. The molecule has 0 radical (unpaired) electrons. The van der Waals surface area contributed by atoms with Crippen LogP contribution in [0.4, 0.5) is 0 Å². The molecule has 0 aromatic rings. The van der Waals surface area contributed by atoms with Gasteiger partial charge in [0, 0.05) is 7.11 Å². The summed E-state index contributed by atoms with van der Waals surface area (Å²) < 4.78 is 26.8. The molecule has 164 valence electrons. The lowest BCUT2D eigenvalue weighted by Gasteiger charge is -2.41. The van der Waals surface area contributed by atoms with E-state index in [9.17, 15) is 4.79 Å². The van der Waals surface area contributed by atoms with E-state index in [0.29, 0.717) is 70.6 Å². The Morgan fingerprint density at radius 1 is 0.862 bits per heavy atom. The molecule has 0 saturated heterocycles. The van der Waals surface area contributed by atoms with Crippen LogP contribution in [0.3, 0.4) is 0 Å². The maximum absolute atomic E-state index is 12.9. The highest BCUT2D eigenvalue weighted by molar-refractivity contribution is 5.77. The Bertz CT molecular complexity index is 592. The molecular weight excluding hydrogens is 372 g/mol. The van der Waals surface area contributed by atoms with Crippen molar-refractivity contribution in [3.05, 3.63) is 12.2 Å². The molecule has 0 spiro atoms. The molecule has 3 fully saturated rings. The van der Waals surface area contributed by atoms with Crippen molar-refractivity contribution in [2.45, 2.75) is 26.2 Å². The average Bonchev–Trinajstić information content (AvgIpc) is 3.47. The molecule has 4 aliphatic carbocycles. The van der Waals surface area contributed by atoms with E-state index in [1.807, 2.05) is 0 Å². The quantitative estimate of drug-likeness (QED) is 0.202.